The van der Waals surface area contributed by atoms with Crippen molar-refractivity contribution in [2.75, 3.05) is 13.1 Å². The van der Waals surface area contributed by atoms with Gasteiger partial charge >= 0.3 is 22.5 Å². The predicted octanol–water partition coefficient (Wildman–Crippen LogP) is 1.45. The van der Waals surface area contributed by atoms with Crippen LogP contribution in [0.3, 0.4) is 0 Å². The second-order valence-corrected chi connectivity index (χ2v) is 7.05. The Hall–Kier alpha value is -1.59. The van der Waals surface area contributed by atoms with Crippen molar-refractivity contribution in [3.8, 4) is 0 Å². The Morgan fingerprint density at radius 3 is 2.25 bits per heavy atom. The van der Waals surface area contributed by atoms with Gasteiger partial charge in [-0.3, -0.25) is 4.55 Å². The lowest BCUT2D eigenvalue weighted by Crippen LogP contribution is -2.51. The van der Waals surface area contributed by atoms with Crippen LogP contribution in [0.4, 0.5) is 9.59 Å². The lowest BCUT2D eigenvalue weighted by atomic mass is 10.1. The second kappa shape index (κ2) is 9.64. The van der Waals surface area contributed by atoms with E-state index in [0.29, 0.717) is 6.42 Å². The summed E-state index contributed by atoms with van der Waals surface area (Å²) in [5, 5.41) is 2.57. The van der Waals surface area contributed by atoms with Crippen LogP contribution in [0.1, 0.15) is 47.5 Å². The summed E-state index contributed by atoms with van der Waals surface area (Å²) in [6, 6.07) is -1.25. The molecule has 3 N–H and O–H groups in total. The molecule has 11 heteroatoms. The number of urea groups is 1. The highest BCUT2D eigenvalue weighted by molar-refractivity contribution is 7.80. The van der Waals surface area contributed by atoms with Gasteiger partial charge < -0.3 is 15.0 Å². The van der Waals surface area contributed by atoms with Crippen molar-refractivity contribution >= 4 is 22.5 Å². The van der Waals surface area contributed by atoms with Crippen LogP contribution in [0, 0.1) is 0 Å². The first-order valence-corrected chi connectivity index (χ1v) is 8.95. The normalized spacial score (nSPS) is 13.1. The highest BCUT2D eigenvalue weighted by Gasteiger charge is 2.24. The van der Waals surface area contributed by atoms with Crippen LogP contribution in [0.15, 0.2) is 0 Å². The number of amides is 3. The highest BCUT2D eigenvalue weighted by atomic mass is 32.3. The summed E-state index contributed by atoms with van der Waals surface area (Å²) >= 11 is 0. The largest absolute Gasteiger partial charge is 0.444 e. The molecule has 0 spiro atoms. The summed E-state index contributed by atoms with van der Waals surface area (Å²) in [6.45, 7) is 9.14. The van der Waals surface area contributed by atoms with Gasteiger partial charge in [0.15, 0.2) is 0 Å². The first-order chi connectivity index (χ1) is 10.9. The van der Waals surface area contributed by atoms with Crippen LogP contribution < -0.4 is 10.8 Å². The molecule has 0 heterocycles. The summed E-state index contributed by atoms with van der Waals surface area (Å²) < 4.78 is 38.5. The van der Waals surface area contributed by atoms with Gasteiger partial charge in [-0.1, -0.05) is 13.3 Å². The Morgan fingerprint density at radius 2 is 1.83 bits per heavy atom. The van der Waals surface area contributed by atoms with Gasteiger partial charge in [-0.2, -0.15) is 13.9 Å². The lowest BCUT2D eigenvalue weighted by Gasteiger charge is -2.30. The van der Waals surface area contributed by atoms with Crippen molar-refractivity contribution in [1.82, 2.24) is 15.7 Å². The fraction of sp³-hybridized carbons (Fsp3) is 0.846. The van der Waals surface area contributed by atoms with Crippen molar-refractivity contribution in [3.63, 3.8) is 0 Å². The number of alkyl carbamates (subject to hydrolysis) is 1. The zero-order chi connectivity index (χ0) is 19.0. The van der Waals surface area contributed by atoms with Gasteiger partial charge in [0.1, 0.15) is 5.60 Å². The molecule has 0 bridgehead atoms. The maximum Gasteiger partial charge on any atom is 0.418 e. The third-order valence-electron chi connectivity index (χ3n) is 2.78. The molecule has 0 unspecified atom stereocenters. The molecule has 0 radical (unpaired) electrons. The first-order valence-electron chi connectivity index (χ1n) is 7.59. The number of rotatable bonds is 8. The van der Waals surface area contributed by atoms with Gasteiger partial charge in [-0.05, 0) is 34.1 Å². The van der Waals surface area contributed by atoms with Crippen LogP contribution in [0.5, 0.6) is 0 Å². The highest BCUT2D eigenvalue weighted by Crippen LogP contribution is 2.09. The minimum absolute atomic E-state index is 0.121. The van der Waals surface area contributed by atoms with E-state index >= 15 is 0 Å². The maximum absolute atomic E-state index is 12.0. The number of hydroxylamine groups is 1. The molecular weight excluding hydrogens is 342 g/mol. The van der Waals surface area contributed by atoms with E-state index in [1.165, 1.54) is 4.90 Å². The van der Waals surface area contributed by atoms with Crippen LogP contribution in [-0.2, 0) is 19.4 Å². The molecule has 0 aliphatic heterocycles. The van der Waals surface area contributed by atoms with Gasteiger partial charge in [0.2, 0.25) is 0 Å². The molecule has 0 aromatic heterocycles. The fourth-order valence-electron chi connectivity index (χ4n) is 1.93. The molecule has 0 saturated heterocycles. The van der Waals surface area contributed by atoms with Gasteiger partial charge in [0.25, 0.3) is 0 Å². The number of likely N-dealkylation sites (N-methyl/N-ethyl adjacent to an activating group) is 1. The summed E-state index contributed by atoms with van der Waals surface area (Å²) in [6.07, 6.45) is 0.668. The van der Waals surface area contributed by atoms with E-state index in [4.69, 9.17) is 9.29 Å². The average Bonchev–Trinajstić information content (AvgIpc) is 2.40. The van der Waals surface area contributed by atoms with Gasteiger partial charge in [0.05, 0.1) is 6.04 Å². The van der Waals surface area contributed by atoms with Crippen LogP contribution in [0.2, 0.25) is 0 Å². The lowest BCUT2D eigenvalue weighted by molar-refractivity contribution is 0.0506. The molecular formula is C13H27N3O7S. The molecule has 24 heavy (non-hydrogen) atoms. The Labute approximate surface area is 142 Å². The summed E-state index contributed by atoms with van der Waals surface area (Å²) in [5.41, 5.74) is 1.00. The Balaban J connectivity index is 4.79. The molecule has 1 atom stereocenters. The zero-order valence-electron chi connectivity index (χ0n) is 14.7. The Morgan fingerprint density at radius 1 is 1.25 bits per heavy atom. The predicted molar refractivity (Wildman–Crippen MR) is 86.5 cm³/mol. The number of ether oxygens (including phenoxy) is 1. The SMILES string of the molecule is CCC[C@@H](CNC(=O)OC(C)(C)C)N(CC)C(=O)NOS(=O)(=O)O. The van der Waals surface area contributed by atoms with Crippen LogP contribution >= 0.6 is 0 Å². The number of carbonyl (C=O) groups is 2. The average molecular weight is 369 g/mol. The molecule has 0 aliphatic rings. The van der Waals surface area contributed by atoms with E-state index in [9.17, 15) is 18.0 Å². The third kappa shape index (κ3) is 10.2. The Bertz CT molecular complexity index is 516. The molecule has 0 fully saturated rings. The number of hydrogen-bond acceptors (Lipinski definition) is 6. The quantitative estimate of drug-likeness (QED) is 0.435. The molecule has 0 rings (SSSR count). The van der Waals surface area contributed by atoms with E-state index in [1.807, 2.05) is 6.92 Å². The van der Waals surface area contributed by atoms with Crippen molar-refractivity contribution in [1.29, 1.82) is 0 Å². The summed E-state index contributed by atoms with van der Waals surface area (Å²) in [7, 11) is -4.79. The fourth-order valence-corrected chi connectivity index (χ4v) is 2.11. The molecule has 0 saturated carbocycles. The topological polar surface area (TPSA) is 134 Å². The van der Waals surface area contributed by atoms with Gasteiger partial charge in [0, 0.05) is 13.1 Å². The standard InChI is InChI=1S/C13H27N3O7S/c1-6-8-10(9-14-12(18)22-13(3,4)5)16(7-2)11(17)15-23-24(19,20)21/h10H,6-9H2,1-5H3,(H,14,18)(H,15,17)(H,19,20,21)/t10-/m0/s1. The van der Waals surface area contributed by atoms with Crippen LogP contribution in [-0.4, -0.2) is 54.7 Å². The third-order valence-corrected chi connectivity index (χ3v) is 3.07. The van der Waals surface area contributed by atoms with Gasteiger partial charge in [-0.25, -0.2) is 9.59 Å². The van der Waals surface area contributed by atoms with E-state index < -0.39 is 34.2 Å². The minimum Gasteiger partial charge on any atom is -0.444 e. The zero-order valence-corrected chi connectivity index (χ0v) is 15.5. The number of nitrogens with one attached hydrogen (secondary N) is 2. The van der Waals surface area contributed by atoms with E-state index in [0.717, 1.165) is 6.42 Å². The van der Waals surface area contributed by atoms with Crippen LogP contribution in [0.25, 0.3) is 0 Å². The van der Waals surface area contributed by atoms with Gasteiger partial charge in [-0.15, -0.1) is 4.28 Å². The summed E-state index contributed by atoms with van der Waals surface area (Å²) in [5.74, 6) is 0. The smallest absolute Gasteiger partial charge is 0.418 e. The monoisotopic (exact) mass is 369 g/mol. The molecule has 10 nitrogen and oxygen atoms in total. The van der Waals surface area contributed by atoms with E-state index in [1.54, 1.807) is 33.2 Å². The molecule has 142 valence electrons. The van der Waals surface area contributed by atoms with Crippen molar-refractivity contribution in [2.24, 2.45) is 0 Å². The van der Waals surface area contributed by atoms with Crippen molar-refractivity contribution < 1.29 is 31.6 Å². The molecule has 0 aromatic carbocycles. The number of hydrogen-bond donors (Lipinski definition) is 3. The second-order valence-electron chi connectivity index (χ2n) is 6.03. The summed E-state index contributed by atoms with van der Waals surface area (Å²) in [4.78, 5) is 25.0. The molecule has 3 amide bonds. The first kappa shape index (κ1) is 22.4. The minimum atomic E-state index is -4.79. The molecule has 0 aliphatic carbocycles. The Kier molecular flexibility index (Phi) is 9.01. The van der Waals surface area contributed by atoms with Crippen molar-refractivity contribution in [3.05, 3.63) is 0 Å². The maximum atomic E-state index is 12.0. The van der Waals surface area contributed by atoms with Crippen molar-refractivity contribution in [2.45, 2.75) is 59.1 Å². The molecule has 0 aromatic rings. The van der Waals surface area contributed by atoms with E-state index in [-0.39, 0.29) is 13.1 Å². The number of carbonyl (C=O) groups excluding carboxylic acids is 2. The number of nitrogens with zero attached hydrogens (tertiary/aromatic N) is 1. The van der Waals surface area contributed by atoms with E-state index in [2.05, 4.69) is 9.60 Å².